The van der Waals surface area contributed by atoms with E-state index in [0.29, 0.717) is 42.6 Å². The van der Waals surface area contributed by atoms with Crippen molar-refractivity contribution in [3.8, 4) is 5.75 Å². The van der Waals surface area contributed by atoms with Crippen molar-refractivity contribution in [1.29, 1.82) is 0 Å². The number of aromatic nitrogens is 1. The Morgan fingerprint density at radius 1 is 1.12 bits per heavy atom. The number of carbonyl (C=O) groups excluding carboxylic acids is 1. The number of carbonyl (C=O) groups is 2. The molecule has 50 heavy (non-hydrogen) atoms. The molecule has 1 aliphatic carbocycles. The minimum Gasteiger partial charge on any atom is -0.497 e. The fourth-order valence-corrected chi connectivity index (χ4v) is 7.22. The highest BCUT2D eigenvalue weighted by Gasteiger charge is 2.35. The Morgan fingerprint density at radius 2 is 1.90 bits per heavy atom. The van der Waals surface area contributed by atoms with Gasteiger partial charge in [0.05, 0.1) is 24.8 Å². The number of hydrogen-bond donors (Lipinski definition) is 1. The lowest BCUT2D eigenvalue weighted by atomic mass is 9.88. The number of furan rings is 1. The monoisotopic (exact) mass is 678 g/mol. The third-order valence-electron chi connectivity index (χ3n) is 10.2. The molecule has 0 radical (unpaired) electrons. The van der Waals surface area contributed by atoms with E-state index in [1.54, 1.807) is 12.0 Å². The van der Waals surface area contributed by atoms with Crippen LogP contribution in [0.4, 0.5) is 11.5 Å². The van der Waals surface area contributed by atoms with Crippen molar-refractivity contribution in [2.24, 2.45) is 16.4 Å². The molecule has 1 amide bonds. The average Bonchev–Trinajstić information content (AvgIpc) is 3.86. The van der Waals surface area contributed by atoms with E-state index in [2.05, 4.69) is 47.0 Å². The molecule has 2 aromatic heterocycles. The van der Waals surface area contributed by atoms with Crippen molar-refractivity contribution < 1.29 is 23.8 Å². The number of pyridine rings is 1. The van der Waals surface area contributed by atoms with Crippen molar-refractivity contribution in [2.45, 2.75) is 71.1 Å². The third kappa shape index (κ3) is 8.05. The Hall–Kier alpha value is -5.02. The highest BCUT2D eigenvalue weighted by molar-refractivity contribution is 6.09. The van der Waals surface area contributed by atoms with Crippen LogP contribution in [0.1, 0.15) is 91.6 Å². The van der Waals surface area contributed by atoms with Gasteiger partial charge in [0.15, 0.2) is 0 Å². The van der Waals surface area contributed by atoms with Gasteiger partial charge in [0, 0.05) is 54.2 Å². The Labute approximate surface area is 292 Å². The number of rotatable bonds is 14. The van der Waals surface area contributed by atoms with Crippen LogP contribution in [0.5, 0.6) is 5.75 Å². The van der Waals surface area contributed by atoms with Crippen molar-refractivity contribution in [3.63, 3.8) is 0 Å². The van der Waals surface area contributed by atoms with Crippen LogP contribution in [0.15, 0.2) is 70.2 Å². The number of anilines is 2. The van der Waals surface area contributed by atoms with Gasteiger partial charge in [0.1, 0.15) is 22.9 Å². The maximum Gasteiger partial charge on any atom is 0.303 e. The van der Waals surface area contributed by atoms with Gasteiger partial charge in [-0.1, -0.05) is 37.2 Å². The second-order valence-corrected chi connectivity index (χ2v) is 14.5. The molecule has 2 aliphatic rings. The summed E-state index contributed by atoms with van der Waals surface area (Å²) in [4.78, 5) is 37.8. The SMILES string of the molecule is COc1ccc(C(=O)N(CC(C)(C)CCN=[N+]=[N-])c2cccc(C)n2)c(N2CCC(c3cc4ccc([C@@H](CC(=O)O)C5CC5)cc4o3)CC2)c1. The second kappa shape index (κ2) is 14.8. The number of benzene rings is 2. The summed E-state index contributed by atoms with van der Waals surface area (Å²) in [6.45, 7) is 8.22. The number of hydrogen-bond acceptors (Lipinski definition) is 7. The summed E-state index contributed by atoms with van der Waals surface area (Å²) in [7, 11) is 1.63. The van der Waals surface area contributed by atoms with Crippen LogP contribution in [0.3, 0.4) is 0 Å². The number of methoxy groups -OCH3 is 1. The van der Waals surface area contributed by atoms with Crippen LogP contribution < -0.4 is 14.5 Å². The molecule has 11 nitrogen and oxygen atoms in total. The molecule has 2 aromatic carbocycles. The molecule has 1 saturated carbocycles. The molecule has 0 bridgehead atoms. The summed E-state index contributed by atoms with van der Waals surface area (Å²) in [5.41, 5.74) is 12.5. The zero-order chi connectivity index (χ0) is 35.4. The van der Waals surface area contributed by atoms with Gasteiger partial charge in [-0.05, 0) is 104 Å². The van der Waals surface area contributed by atoms with Crippen LogP contribution >= 0.6 is 0 Å². The molecule has 4 aromatic rings. The third-order valence-corrected chi connectivity index (χ3v) is 10.2. The number of aliphatic carboxylic acids is 1. The first-order chi connectivity index (χ1) is 24.0. The normalized spacial score (nSPS) is 15.8. The van der Waals surface area contributed by atoms with E-state index in [1.165, 1.54) is 0 Å². The van der Waals surface area contributed by atoms with E-state index < -0.39 is 5.97 Å². The van der Waals surface area contributed by atoms with Gasteiger partial charge in [-0.25, -0.2) is 4.98 Å². The standard InChI is InChI=1S/C39H46N6O5/c1-25-6-5-7-36(42-25)45(24-39(2,3)16-17-41-43-40)38(48)31-13-12-30(49-4)22-33(31)44-18-14-27(15-19-44)34-21-29-11-10-28(20-35(29)50-34)32(23-37(46)47)26-8-9-26/h5-7,10-13,20-22,26-27,32H,8-9,14-19,23-24H2,1-4H3,(H,46,47)/t32-/m0/s1. The number of carboxylic acids is 1. The maximum absolute atomic E-state index is 14.6. The lowest BCUT2D eigenvalue weighted by Crippen LogP contribution is -2.41. The fraction of sp³-hybridized carbons (Fsp3) is 0.462. The maximum atomic E-state index is 14.6. The Balaban J connectivity index is 1.23. The predicted octanol–water partition coefficient (Wildman–Crippen LogP) is 8.87. The summed E-state index contributed by atoms with van der Waals surface area (Å²) in [6.07, 6.45) is 4.60. The van der Waals surface area contributed by atoms with Crippen LogP contribution in [0.25, 0.3) is 21.4 Å². The smallest absolute Gasteiger partial charge is 0.303 e. The molecule has 1 aliphatic heterocycles. The molecule has 2 fully saturated rings. The lowest BCUT2D eigenvalue weighted by molar-refractivity contribution is -0.137. The minimum absolute atomic E-state index is 0.0230. The molecule has 1 N–H and O–H groups in total. The van der Waals surface area contributed by atoms with Crippen molar-refractivity contribution in [1.82, 2.24) is 4.98 Å². The van der Waals surface area contributed by atoms with E-state index in [-0.39, 0.29) is 29.6 Å². The van der Waals surface area contributed by atoms with Gasteiger partial charge in [0.2, 0.25) is 0 Å². The summed E-state index contributed by atoms with van der Waals surface area (Å²) in [5, 5.41) is 14.3. The van der Waals surface area contributed by atoms with Crippen molar-refractivity contribution in [2.75, 3.05) is 43.1 Å². The highest BCUT2D eigenvalue weighted by Crippen LogP contribution is 2.45. The van der Waals surface area contributed by atoms with Gasteiger partial charge < -0.3 is 19.2 Å². The van der Waals surface area contributed by atoms with Crippen LogP contribution in [0, 0.1) is 18.3 Å². The molecule has 11 heteroatoms. The van der Waals surface area contributed by atoms with Crippen LogP contribution in [-0.2, 0) is 4.79 Å². The second-order valence-electron chi connectivity index (χ2n) is 14.5. The number of piperidine rings is 1. The van der Waals surface area contributed by atoms with Crippen molar-refractivity contribution in [3.05, 3.63) is 93.7 Å². The Kier molecular flexibility index (Phi) is 10.3. The number of azide groups is 1. The molecular formula is C39H46N6O5. The minimum atomic E-state index is -0.764. The molecule has 262 valence electrons. The number of ether oxygens (including phenoxy) is 1. The quantitative estimate of drug-likeness (QED) is 0.0796. The van der Waals surface area contributed by atoms with E-state index >= 15 is 0 Å². The average molecular weight is 679 g/mol. The van der Waals surface area contributed by atoms with Crippen LogP contribution in [-0.4, -0.2) is 55.3 Å². The molecule has 3 heterocycles. The van der Waals surface area contributed by atoms with E-state index in [4.69, 9.17) is 19.7 Å². The highest BCUT2D eigenvalue weighted by atomic mass is 16.5. The van der Waals surface area contributed by atoms with E-state index in [9.17, 15) is 14.7 Å². The van der Waals surface area contributed by atoms with Gasteiger partial charge >= 0.3 is 5.97 Å². The van der Waals surface area contributed by atoms with Gasteiger partial charge in [-0.15, -0.1) is 0 Å². The topological polar surface area (TPSA) is 145 Å². The number of amides is 1. The molecule has 6 rings (SSSR count). The number of carboxylic acid groups (broad SMARTS) is 1. The van der Waals surface area contributed by atoms with Gasteiger partial charge in [-0.2, -0.15) is 0 Å². The predicted molar refractivity (Wildman–Crippen MR) is 194 cm³/mol. The van der Waals surface area contributed by atoms with E-state index in [0.717, 1.165) is 72.4 Å². The lowest BCUT2D eigenvalue weighted by Gasteiger charge is -2.36. The van der Waals surface area contributed by atoms with E-state index in [1.807, 2.05) is 49.4 Å². The molecular weight excluding hydrogens is 632 g/mol. The Morgan fingerprint density at radius 3 is 2.58 bits per heavy atom. The first-order valence-electron chi connectivity index (χ1n) is 17.5. The first-order valence-corrected chi connectivity index (χ1v) is 17.5. The first kappa shape index (κ1) is 34.8. The summed E-state index contributed by atoms with van der Waals surface area (Å²) in [5.74, 6) is 1.96. The molecule has 1 atom stereocenters. The zero-order valence-corrected chi connectivity index (χ0v) is 29.3. The number of fused-ring (bicyclic) bond motifs is 1. The Bertz CT molecular complexity index is 1900. The van der Waals surface area contributed by atoms with Crippen molar-refractivity contribution >= 4 is 34.4 Å². The zero-order valence-electron chi connectivity index (χ0n) is 29.3. The number of aryl methyl sites for hydroxylation is 1. The summed E-state index contributed by atoms with van der Waals surface area (Å²) >= 11 is 0. The number of nitrogens with zero attached hydrogens (tertiary/aromatic N) is 6. The van der Waals surface area contributed by atoms with Crippen LogP contribution in [0.2, 0.25) is 0 Å². The summed E-state index contributed by atoms with van der Waals surface area (Å²) < 4.78 is 12.1. The van der Waals surface area contributed by atoms with Gasteiger partial charge in [0.25, 0.3) is 5.91 Å². The molecule has 0 spiro atoms. The molecule has 0 unspecified atom stereocenters. The fourth-order valence-electron chi connectivity index (χ4n) is 7.22. The molecule has 1 saturated heterocycles. The largest absolute Gasteiger partial charge is 0.497 e. The summed E-state index contributed by atoms with van der Waals surface area (Å²) in [6, 6.07) is 19.6. The van der Waals surface area contributed by atoms with Gasteiger partial charge in [-0.3, -0.25) is 14.5 Å².